The zero-order chi connectivity index (χ0) is 13.3. The van der Waals surface area contributed by atoms with Crippen molar-refractivity contribution >= 4 is 22.9 Å². The lowest BCUT2D eigenvalue weighted by Crippen LogP contribution is -2.11. The number of nitrogens with one attached hydrogen (secondary N) is 1. The molecule has 2 nitrogen and oxygen atoms in total. The fourth-order valence-electron chi connectivity index (χ4n) is 1.76. The molecular weight excluding hydrogens is 242 g/mol. The van der Waals surface area contributed by atoms with Gasteiger partial charge >= 0.3 is 0 Å². The van der Waals surface area contributed by atoms with Crippen LogP contribution in [0.1, 0.15) is 31.2 Å². The third kappa shape index (κ3) is 2.46. The lowest BCUT2D eigenvalue weighted by molar-refractivity contribution is 0.103. The molecule has 0 unspecified atom stereocenters. The first-order chi connectivity index (χ1) is 8.49. The average molecular weight is 259 g/mol. The Hall–Kier alpha value is -1.61. The molecule has 2 aromatic rings. The highest BCUT2D eigenvalue weighted by Gasteiger charge is 2.12. The molecule has 3 heteroatoms. The van der Waals surface area contributed by atoms with Crippen molar-refractivity contribution in [1.29, 1.82) is 0 Å². The van der Waals surface area contributed by atoms with Gasteiger partial charge < -0.3 is 5.32 Å². The van der Waals surface area contributed by atoms with Gasteiger partial charge in [0, 0.05) is 10.6 Å². The SMILES string of the molecule is Cc1cc(C(=O)Nc2cccc(C)c2C)sc1C. The van der Waals surface area contributed by atoms with Gasteiger partial charge in [0.15, 0.2) is 0 Å². The number of rotatable bonds is 2. The number of hydrogen-bond acceptors (Lipinski definition) is 2. The molecule has 0 fully saturated rings. The molecule has 1 aromatic heterocycles. The van der Waals surface area contributed by atoms with Crippen LogP contribution in [0, 0.1) is 27.7 Å². The molecule has 1 aromatic carbocycles. The van der Waals surface area contributed by atoms with Crippen molar-refractivity contribution in [2.24, 2.45) is 0 Å². The van der Waals surface area contributed by atoms with E-state index in [0.717, 1.165) is 16.1 Å². The van der Waals surface area contributed by atoms with Gasteiger partial charge in [-0.3, -0.25) is 4.79 Å². The first-order valence-corrected chi connectivity index (χ1v) is 6.75. The second-order valence-electron chi connectivity index (χ2n) is 4.55. The predicted octanol–water partition coefficient (Wildman–Crippen LogP) is 4.23. The lowest BCUT2D eigenvalue weighted by atomic mass is 10.1. The maximum Gasteiger partial charge on any atom is 0.265 e. The van der Waals surface area contributed by atoms with Gasteiger partial charge in [-0.15, -0.1) is 11.3 Å². The number of anilines is 1. The van der Waals surface area contributed by atoms with E-state index in [-0.39, 0.29) is 5.91 Å². The van der Waals surface area contributed by atoms with Gasteiger partial charge in [-0.05, 0) is 56.5 Å². The van der Waals surface area contributed by atoms with E-state index in [2.05, 4.69) is 5.32 Å². The van der Waals surface area contributed by atoms with Crippen LogP contribution < -0.4 is 5.32 Å². The number of hydrogen-bond donors (Lipinski definition) is 1. The highest BCUT2D eigenvalue weighted by Crippen LogP contribution is 2.23. The molecule has 0 atom stereocenters. The van der Waals surface area contributed by atoms with Crippen molar-refractivity contribution < 1.29 is 4.79 Å². The Balaban J connectivity index is 2.24. The number of thiophene rings is 1. The zero-order valence-electron chi connectivity index (χ0n) is 11.1. The summed E-state index contributed by atoms with van der Waals surface area (Å²) < 4.78 is 0. The maximum atomic E-state index is 12.1. The molecule has 94 valence electrons. The molecule has 0 saturated heterocycles. The Morgan fingerprint density at radius 2 is 1.83 bits per heavy atom. The number of aryl methyl sites for hydroxylation is 3. The number of carbonyl (C=O) groups is 1. The Bertz CT molecular complexity index is 579. The molecule has 0 aliphatic carbocycles. The maximum absolute atomic E-state index is 12.1. The summed E-state index contributed by atoms with van der Waals surface area (Å²) in [6.07, 6.45) is 0. The first-order valence-electron chi connectivity index (χ1n) is 5.93. The minimum Gasteiger partial charge on any atom is -0.321 e. The van der Waals surface area contributed by atoms with Crippen LogP contribution in [0.4, 0.5) is 5.69 Å². The second kappa shape index (κ2) is 4.94. The van der Waals surface area contributed by atoms with E-state index in [0.29, 0.717) is 0 Å². The van der Waals surface area contributed by atoms with E-state index in [1.54, 1.807) is 0 Å². The Kier molecular flexibility index (Phi) is 3.53. The highest BCUT2D eigenvalue weighted by molar-refractivity contribution is 7.14. The fourth-order valence-corrected chi connectivity index (χ4v) is 2.68. The van der Waals surface area contributed by atoms with Crippen molar-refractivity contribution in [1.82, 2.24) is 0 Å². The van der Waals surface area contributed by atoms with Crippen LogP contribution in [0.5, 0.6) is 0 Å². The lowest BCUT2D eigenvalue weighted by Gasteiger charge is -2.09. The minimum absolute atomic E-state index is 0.0232. The van der Waals surface area contributed by atoms with Crippen LogP contribution in [-0.2, 0) is 0 Å². The highest BCUT2D eigenvalue weighted by atomic mass is 32.1. The summed E-state index contributed by atoms with van der Waals surface area (Å²) in [7, 11) is 0. The summed E-state index contributed by atoms with van der Waals surface area (Å²) >= 11 is 1.54. The van der Waals surface area contributed by atoms with E-state index < -0.39 is 0 Å². The largest absolute Gasteiger partial charge is 0.321 e. The molecule has 0 bridgehead atoms. The van der Waals surface area contributed by atoms with Gasteiger partial charge in [-0.2, -0.15) is 0 Å². The van der Waals surface area contributed by atoms with Gasteiger partial charge in [-0.25, -0.2) is 0 Å². The molecule has 1 amide bonds. The summed E-state index contributed by atoms with van der Waals surface area (Å²) in [6, 6.07) is 7.89. The predicted molar refractivity (Wildman–Crippen MR) is 77.7 cm³/mol. The second-order valence-corrected chi connectivity index (χ2v) is 5.81. The van der Waals surface area contributed by atoms with Gasteiger partial charge in [0.1, 0.15) is 0 Å². The molecule has 1 heterocycles. The van der Waals surface area contributed by atoms with Crippen molar-refractivity contribution in [3.05, 3.63) is 50.7 Å². The first kappa shape index (κ1) is 12.8. The number of carbonyl (C=O) groups excluding carboxylic acids is 1. The van der Waals surface area contributed by atoms with Crippen LogP contribution in [0.3, 0.4) is 0 Å². The Morgan fingerprint density at radius 1 is 1.11 bits per heavy atom. The summed E-state index contributed by atoms with van der Waals surface area (Å²) in [5, 5.41) is 2.98. The van der Waals surface area contributed by atoms with Crippen LogP contribution in [0.25, 0.3) is 0 Å². The molecule has 0 spiro atoms. The Labute approximate surface area is 112 Å². The van der Waals surface area contributed by atoms with Crippen molar-refractivity contribution in [2.45, 2.75) is 27.7 Å². The number of benzene rings is 1. The summed E-state index contributed by atoms with van der Waals surface area (Å²) in [5.74, 6) is -0.0232. The Morgan fingerprint density at radius 3 is 2.44 bits per heavy atom. The number of amides is 1. The van der Waals surface area contributed by atoms with E-state index in [4.69, 9.17) is 0 Å². The molecule has 0 saturated carbocycles. The van der Waals surface area contributed by atoms with Crippen LogP contribution >= 0.6 is 11.3 Å². The molecule has 1 N–H and O–H groups in total. The minimum atomic E-state index is -0.0232. The molecule has 0 radical (unpaired) electrons. The average Bonchev–Trinajstić information content (AvgIpc) is 2.66. The molecule has 0 aliphatic rings. The quantitative estimate of drug-likeness (QED) is 0.859. The van der Waals surface area contributed by atoms with Crippen molar-refractivity contribution in [2.75, 3.05) is 5.32 Å². The van der Waals surface area contributed by atoms with Crippen LogP contribution in [0.2, 0.25) is 0 Å². The topological polar surface area (TPSA) is 29.1 Å². The van der Waals surface area contributed by atoms with Crippen molar-refractivity contribution in [3.63, 3.8) is 0 Å². The normalized spacial score (nSPS) is 10.4. The molecule has 2 rings (SSSR count). The summed E-state index contributed by atoms with van der Waals surface area (Å²) in [4.78, 5) is 14.1. The van der Waals surface area contributed by atoms with Crippen LogP contribution in [0.15, 0.2) is 24.3 Å². The molecule has 0 aliphatic heterocycles. The molecule has 18 heavy (non-hydrogen) atoms. The third-order valence-electron chi connectivity index (χ3n) is 3.24. The van der Waals surface area contributed by atoms with Gasteiger partial charge in [-0.1, -0.05) is 12.1 Å². The van der Waals surface area contributed by atoms with Gasteiger partial charge in [0.05, 0.1) is 4.88 Å². The summed E-state index contributed by atoms with van der Waals surface area (Å²) in [5.41, 5.74) is 4.37. The smallest absolute Gasteiger partial charge is 0.265 e. The van der Waals surface area contributed by atoms with E-state index in [1.807, 2.05) is 52.0 Å². The fraction of sp³-hybridized carbons (Fsp3) is 0.267. The van der Waals surface area contributed by atoms with Crippen LogP contribution in [-0.4, -0.2) is 5.91 Å². The molecular formula is C15H17NOS. The van der Waals surface area contributed by atoms with Gasteiger partial charge in [0.2, 0.25) is 0 Å². The van der Waals surface area contributed by atoms with Crippen molar-refractivity contribution in [3.8, 4) is 0 Å². The van der Waals surface area contributed by atoms with E-state index in [9.17, 15) is 4.79 Å². The standard InChI is InChI=1S/C15H17NOS/c1-9-6-5-7-13(11(9)3)16-15(17)14-8-10(2)12(4)18-14/h5-8H,1-4H3,(H,16,17). The third-order valence-corrected chi connectivity index (χ3v) is 4.39. The monoisotopic (exact) mass is 259 g/mol. The van der Waals surface area contributed by atoms with Gasteiger partial charge in [0.25, 0.3) is 5.91 Å². The zero-order valence-corrected chi connectivity index (χ0v) is 11.9. The van der Waals surface area contributed by atoms with E-state index in [1.165, 1.54) is 27.3 Å². The summed E-state index contributed by atoms with van der Waals surface area (Å²) in [6.45, 7) is 8.13. The van der Waals surface area contributed by atoms with E-state index >= 15 is 0 Å².